The van der Waals surface area contributed by atoms with E-state index in [4.69, 9.17) is 0 Å². The van der Waals surface area contributed by atoms with Gasteiger partial charge in [-0.1, -0.05) is 66.7 Å². The Morgan fingerprint density at radius 2 is 1.42 bits per heavy atom. The molecule has 2 aromatic heterocycles. The first-order valence-corrected chi connectivity index (χ1v) is 9.13. The molecule has 0 aliphatic rings. The molecule has 26 heavy (non-hydrogen) atoms. The second-order valence-electron chi connectivity index (χ2n) is 5.93. The van der Waals surface area contributed by atoms with Gasteiger partial charge in [0.1, 0.15) is 10.7 Å². The van der Waals surface area contributed by atoms with Crippen LogP contribution in [0.2, 0.25) is 0 Å². The summed E-state index contributed by atoms with van der Waals surface area (Å²) in [6.45, 7) is 0. The van der Waals surface area contributed by atoms with Crippen molar-refractivity contribution >= 4 is 33.6 Å². The van der Waals surface area contributed by atoms with E-state index in [1.807, 2.05) is 54.6 Å². The number of H-pyrrole nitrogens is 1. The van der Waals surface area contributed by atoms with Crippen LogP contribution >= 0.6 is 11.8 Å². The quantitative estimate of drug-likeness (QED) is 0.476. The molecule has 0 radical (unpaired) electrons. The average Bonchev–Trinajstić information content (AvgIpc) is 3.11. The lowest BCUT2D eigenvalue weighted by Gasteiger charge is -2.08. The third-order valence-electron chi connectivity index (χ3n) is 4.26. The Morgan fingerprint density at radius 1 is 0.692 bits per heavy atom. The number of hydrogen-bond donors (Lipinski definition) is 1. The van der Waals surface area contributed by atoms with Gasteiger partial charge in [0, 0.05) is 16.3 Å². The molecule has 0 aliphatic heterocycles. The molecule has 5 heteroatoms. The maximum absolute atomic E-state index is 4.64. The van der Waals surface area contributed by atoms with E-state index >= 15 is 0 Å². The van der Waals surface area contributed by atoms with E-state index < -0.39 is 0 Å². The highest BCUT2D eigenvalue weighted by atomic mass is 32.2. The maximum Gasteiger partial charge on any atom is 0.172 e. The van der Waals surface area contributed by atoms with E-state index in [0.717, 1.165) is 43.2 Å². The van der Waals surface area contributed by atoms with Crippen LogP contribution < -0.4 is 0 Å². The zero-order valence-corrected chi connectivity index (χ0v) is 14.6. The molecule has 3 aromatic carbocycles. The number of aromatic amines is 1. The zero-order valence-electron chi connectivity index (χ0n) is 13.8. The molecule has 124 valence electrons. The Balaban J connectivity index is 1.63. The van der Waals surface area contributed by atoms with Crippen molar-refractivity contribution in [3.8, 4) is 11.3 Å². The standard InChI is InChI=1S/C21H14N4S/c1-2-8-14(9-3-1)19-15-10-4-5-11-16(15)20(25-24-19)26-21-22-17-12-6-7-13-18(17)23-21/h1-13H,(H,22,23). The highest BCUT2D eigenvalue weighted by Crippen LogP contribution is 2.34. The average molecular weight is 354 g/mol. The molecule has 0 fully saturated rings. The Bertz CT molecular complexity index is 1180. The van der Waals surface area contributed by atoms with Crippen molar-refractivity contribution in [3.63, 3.8) is 0 Å². The fraction of sp³-hybridized carbons (Fsp3) is 0. The molecule has 5 rings (SSSR count). The van der Waals surface area contributed by atoms with Crippen LogP contribution in [0.15, 0.2) is 89.0 Å². The number of hydrogen-bond acceptors (Lipinski definition) is 4. The summed E-state index contributed by atoms with van der Waals surface area (Å²) < 4.78 is 0. The van der Waals surface area contributed by atoms with Crippen LogP contribution in [-0.4, -0.2) is 20.2 Å². The molecule has 4 nitrogen and oxygen atoms in total. The number of para-hydroxylation sites is 2. The minimum atomic E-state index is 0.818. The minimum absolute atomic E-state index is 0.818. The fourth-order valence-corrected chi connectivity index (χ4v) is 3.89. The summed E-state index contributed by atoms with van der Waals surface area (Å²) in [6, 6.07) is 26.4. The van der Waals surface area contributed by atoms with Crippen molar-refractivity contribution < 1.29 is 0 Å². The van der Waals surface area contributed by atoms with E-state index in [2.05, 4.69) is 44.4 Å². The van der Waals surface area contributed by atoms with E-state index in [1.54, 1.807) is 0 Å². The summed E-state index contributed by atoms with van der Waals surface area (Å²) in [7, 11) is 0. The summed E-state index contributed by atoms with van der Waals surface area (Å²) in [6.07, 6.45) is 0. The van der Waals surface area contributed by atoms with Crippen LogP contribution in [0.1, 0.15) is 0 Å². The SMILES string of the molecule is c1ccc(-c2nnc(Sc3nc4ccccc4[nH]3)c3ccccc23)cc1. The Morgan fingerprint density at radius 3 is 2.27 bits per heavy atom. The van der Waals surface area contributed by atoms with Crippen LogP contribution in [0.4, 0.5) is 0 Å². The smallest absolute Gasteiger partial charge is 0.172 e. The minimum Gasteiger partial charge on any atom is -0.333 e. The van der Waals surface area contributed by atoms with Crippen molar-refractivity contribution in [1.29, 1.82) is 0 Å². The summed E-state index contributed by atoms with van der Waals surface area (Å²) in [5.74, 6) is 0. The molecule has 0 amide bonds. The van der Waals surface area contributed by atoms with Crippen molar-refractivity contribution in [2.75, 3.05) is 0 Å². The molecule has 2 heterocycles. The van der Waals surface area contributed by atoms with Gasteiger partial charge in [-0.15, -0.1) is 10.2 Å². The lowest BCUT2D eigenvalue weighted by atomic mass is 10.1. The summed E-state index contributed by atoms with van der Waals surface area (Å²) in [5.41, 5.74) is 3.94. The Labute approximate surface area is 154 Å². The zero-order chi connectivity index (χ0) is 17.3. The topological polar surface area (TPSA) is 54.5 Å². The number of nitrogens with one attached hydrogen (secondary N) is 1. The molecule has 0 bridgehead atoms. The van der Waals surface area contributed by atoms with Gasteiger partial charge in [-0.05, 0) is 23.9 Å². The number of fused-ring (bicyclic) bond motifs is 2. The molecule has 0 spiro atoms. The molecule has 0 saturated heterocycles. The number of benzene rings is 3. The summed E-state index contributed by atoms with van der Waals surface area (Å²) >= 11 is 1.51. The molecule has 0 aliphatic carbocycles. The van der Waals surface area contributed by atoms with Crippen molar-refractivity contribution in [2.45, 2.75) is 10.2 Å². The highest BCUT2D eigenvalue weighted by molar-refractivity contribution is 7.99. The first-order valence-electron chi connectivity index (χ1n) is 8.32. The van der Waals surface area contributed by atoms with Gasteiger partial charge < -0.3 is 4.98 Å². The van der Waals surface area contributed by atoms with Gasteiger partial charge in [-0.25, -0.2) is 4.98 Å². The van der Waals surface area contributed by atoms with Crippen LogP contribution in [0.3, 0.4) is 0 Å². The van der Waals surface area contributed by atoms with Gasteiger partial charge >= 0.3 is 0 Å². The lowest BCUT2D eigenvalue weighted by molar-refractivity contribution is 0.954. The number of aromatic nitrogens is 4. The third kappa shape index (κ3) is 2.62. The third-order valence-corrected chi connectivity index (χ3v) is 5.14. The first-order chi connectivity index (χ1) is 12.9. The van der Waals surface area contributed by atoms with E-state index in [-0.39, 0.29) is 0 Å². The predicted octanol–water partition coefficient (Wildman–Crippen LogP) is 5.32. The molecular weight excluding hydrogens is 340 g/mol. The van der Waals surface area contributed by atoms with E-state index in [0.29, 0.717) is 0 Å². The number of rotatable bonds is 3. The molecule has 5 aromatic rings. The van der Waals surface area contributed by atoms with Gasteiger partial charge in [0.25, 0.3) is 0 Å². The van der Waals surface area contributed by atoms with Crippen molar-refractivity contribution in [1.82, 2.24) is 20.2 Å². The number of imidazole rings is 1. The first kappa shape index (κ1) is 15.1. The van der Waals surface area contributed by atoms with Gasteiger partial charge in [0.2, 0.25) is 0 Å². The Hall–Kier alpha value is -3.18. The van der Waals surface area contributed by atoms with Gasteiger partial charge in [0.15, 0.2) is 5.16 Å². The normalized spacial score (nSPS) is 11.2. The van der Waals surface area contributed by atoms with Crippen LogP contribution in [-0.2, 0) is 0 Å². The maximum atomic E-state index is 4.64. The van der Waals surface area contributed by atoms with Crippen molar-refractivity contribution in [2.24, 2.45) is 0 Å². The van der Waals surface area contributed by atoms with E-state index in [1.165, 1.54) is 11.8 Å². The largest absolute Gasteiger partial charge is 0.333 e. The molecule has 1 N–H and O–H groups in total. The fourth-order valence-electron chi connectivity index (χ4n) is 3.03. The van der Waals surface area contributed by atoms with Crippen LogP contribution in [0.25, 0.3) is 33.1 Å². The molecule has 0 saturated carbocycles. The van der Waals surface area contributed by atoms with Crippen molar-refractivity contribution in [3.05, 3.63) is 78.9 Å². The monoisotopic (exact) mass is 354 g/mol. The van der Waals surface area contributed by atoms with Crippen LogP contribution in [0, 0.1) is 0 Å². The van der Waals surface area contributed by atoms with E-state index in [9.17, 15) is 0 Å². The summed E-state index contributed by atoms with van der Waals surface area (Å²) in [4.78, 5) is 7.97. The van der Waals surface area contributed by atoms with Gasteiger partial charge in [0.05, 0.1) is 11.0 Å². The summed E-state index contributed by atoms with van der Waals surface area (Å²) in [5, 5.41) is 12.8. The molecule has 0 unspecified atom stereocenters. The van der Waals surface area contributed by atoms with Gasteiger partial charge in [-0.2, -0.15) is 0 Å². The molecule has 0 atom stereocenters. The van der Waals surface area contributed by atoms with Crippen LogP contribution in [0.5, 0.6) is 0 Å². The highest BCUT2D eigenvalue weighted by Gasteiger charge is 2.13. The lowest BCUT2D eigenvalue weighted by Crippen LogP contribution is -1.93. The predicted molar refractivity (Wildman–Crippen MR) is 105 cm³/mol. The second kappa shape index (κ2) is 6.28. The van der Waals surface area contributed by atoms with Gasteiger partial charge in [-0.3, -0.25) is 0 Å². The molecular formula is C21H14N4S. The number of nitrogens with zero attached hydrogens (tertiary/aromatic N) is 3. The second-order valence-corrected chi connectivity index (χ2v) is 6.90. The Kier molecular flexibility index (Phi) is 3.65.